The Hall–Kier alpha value is -2.38. The van der Waals surface area contributed by atoms with Gasteiger partial charge in [0.15, 0.2) is 0 Å². The van der Waals surface area contributed by atoms with Crippen LogP contribution < -0.4 is 4.74 Å². The molecule has 1 aliphatic heterocycles. The number of benzene rings is 1. The highest BCUT2D eigenvalue weighted by molar-refractivity contribution is 5.77. The number of fused-ring (bicyclic) bond motifs is 1. The fourth-order valence-corrected chi connectivity index (χ4v) is 4.03. The maximum atomic E-state index is 12.7. The number of likely N-dealkylation sites (N-methyl/N-ethyl adjacent to an activating group) is 1. The third-order valence-corrected chi connectivity index (χ3v) is 5.53. The van der Waals surface area contributed by atoms with E-state index >= 15 is 0 Å². The van der Waals surface area contributed by atoms with Gasteiger partial charge in [-0.25, -0.2) is 4.68 Å². The van der Waals surface area contributed by atoms with Crippen molar-refractivity contribution >= 4 is 5.91 Å². The highest BCUT2D eigenvalue weighted by Gasteiger charge is 2.28. The molecule has 3 rings (SSSR count). The number of para-hydroxylation sites is 2. The summed E-state index contributed by atoms with van der Waals surface area (Å²) in [6.45, 7) is 10.5. The van der Waals surface area contributed by atoms with Crippen LogP contribution in [0, 0.1) is 5.92 Å². The lowest BCUT2D eigenvalue weighted by atomic mass is 10.0. The first-order chi connectivity index (χ1) is 14.5. The van der Waals surface area contributed by atoms with Crippen LogP contribution in [0.1, 0.15) is 37.7 Å². The van der Waals surface area contributed by atoms with Crippen molar-refractivity contribution < 1.29 is 14.3 Å². The van der Waals surface area contributed by atoms with E-state index in [1.54, 1.807) is 14.2 Å². The van der Waals surface area contributed by atoms with Gasteiger partial charge in [-0.3, -0.25) is 9.69 Å². The summed E-state index contributed by atoms with van der Waals surface area (Å²) in [5.74, 6) is 1.15. The van der Waals surface area contributed by atoms with Crippen LogP contribution in [-0.2, 0) is 29.0 Å². The average Bonchev–Trinajstić information content (AvgIpc) is 3.10. The van der Waals surface area contributed by atoms with Crippen molar-refractivity contribution in [3.8, 4) is 11.4 Å². The molecule has 0 unspecified atom stereocenters. The number of hydrogen-bond donors (Lipinski definition) is 0. The molecule has 2 heterocycles. The van der Waals surface area contributed by atoms with Crippen molar-refractivity contribution in [3.05, 3.63) is 41.2 Å². The molecule has 0 aliphatic carbocycles. The smallest absolute Gasteiger partial charge is 0.248 e. The number of amides is 1. The Morgan fingerprint density at radius 1 is 1.27 bits per heavy atom. The van der Waals surface area contributed by atoms with Gasteiger partial charge in [-0.15, -0.1) is 0 Å². The van der Waals surface area contributed by atoms with Crippen molar-refractivity contribution in [3.63, 3.8) is 0 Å². The van der Waals surface area contributed by atoms with Gasteiger partial charge in [-0.2, -0.15) is 5.10 Å². The van der Waals surface area contributed by atoms with E-state index in [9.17, 15) is 4.79 Å². The summed E-state index contributed by atoms with van der Waals surface area (Å²) >= 11 is 0. The third-order valence-electron chi connectivity index (χ3n) is 5.53. The molecule has 0 bridgehead atoms. The molecule has 2 aromatic rings. The van der Waals surface area contributed by atoms with Crippen molar-refractivity contribution in [1.82, 2.24) is 19.6 Å². The molecule has 7 nitrogen and oxygen atoms in total. The Balaban J connectivity index is 2.03. The Morgan fingerprint density at radius 3 is 2.70 bits per heavy atom. The zero-order chi connectivity index (χ0) is 21.7. The van der Waals surface area contributed by atoms with E-state index in [4.69, 9.17) is 14.6 Å². The molecule has 1 amide bonds. The van der Waals surface area contributed by atoms with E-state index in [0.717, 1.165) is 43.2 Å². The molecule has 0 atom stereocenters. The SMILES string of the molecule is CCN1CCc2c(c(CN(CC(C)C)C(=O)COC)nn2-c2ccccc2OC)C1. The number of ether oxygens (including phenoxy) is 2. The number of carbonyl (C=O) groups is 1. The molecule has 7 heteroatoms. The predicted molar refractivity (Wildman–Crippen MR) is 117 cm³/mol. The Labute approximate surface area is 179 Å². The normalized spacial score (nSPS) is 14.1. The van der Waals surface area contributed by atoms with E-state index in [0.29, 0.717) is 19.0 Å². The standard InChI is InChI=1S/C23H34N4O3/c1-6-25-12-11-20-18(14-25)19(15-26(13-17(2)3)23(28)16-29-4)24-27(20)21-9-7-8-10-22(21)30-5/h7-10,17H,6,11-16H2,1-5H3. The van der Waals surface area contributed by atoms with Crippen LogP contribution in [0.4, 0.5) is 0 Å². The van der Waals surface area contributed by atoms with E-state index < -0.39 is 0 Å². The fourth-order valence-electron chi connectivity index (χ4n) is 4.03. The summed E-state index contributed by atoms with van der Waals surface area (Å²) in [4.78, 5) is 17.0. The summed E-state index contributed by atoms with van der Waals surface area (Å²) in [6, 6.07) is 7.95. The zero-order valence-electron chi connectivity index (χ0n) is 18.9. The molecule has 1 aliphatic rings. The second-order valence-electron chi connectivity index (χ2n) is 8.18. The topological polar surface area (TPSA) is 59.8 Å². The molecule has 0 saturated carbocycles. The predicted octanol–water partition coefficient (Wildman–Crippen LogP) is 2.89. The largest absolute Gasteiger partial charge is 0.494 e. The maximum absolute atomic E-state index is 12.7. The minimum atomic E-state index is -0.00468. The van der Waals surface area contributed by atoms with Crippen molar-refractivity contribution in [2.75, 3.05) is 40.5 Å². The van der Waals surface area contributed by atoms with E-state index in [2.05, 4.69) is 25.7 Å². The van der Waals surface area contributed by atoms with Gasteiger partial charge >= 0.3 is 0 Å². The third kappa shape index (κ3) is 4.84. The van der Waals surface area contributed by atoms with Crippen LogP contribution in [0.5, 0.6) is 5.75 Å². The van der Waals surface area contributed by atoms with Crippen LogP contribution in [0.25, 0.3) is 5.69 Å². The van der Waals surface area contributed by atoms with Crippen LogP contribution in [0.15, 0.2) is 24.3 Å². The summed E-state index contributed by atoms with van der Waals surface area (Å²) in [5.41, 5.74) is 4.33. The first-order valence-electron chi connectivity index (χ1n) is 10.7. The summed E-state index contributed by atoms with van der Waals surface area (Å²) in [5, 5.41) is 5.00. The van der Waals surface area contributed by atoms with Gasteiger partial charge in [-0.05, 0) is 24.6 Å². The minimum Gasteiger partial charge on any atom is -0.494 e. The van der Waals surface area contributed by atoms with Crippen molar-refractivity contribution in [1.29, 1.82) is 0 Å². The second kappa shape index (κ2) is 10.1. The number of hydrogen-bond acceptors (Lipinski definition) is 5. The summed E-state index contributed by atoms with van der Waals surface area (Å²) in [6.07, 6.45) is 0.921. The molecule has 0 fully saturated rings. The molecule has 0 saturated heterocycles. The van der Waals surface area contributed by atoms with E-state index in [1.165, 1.54) is 11.3 Å². The van der Waals surface area contributed by atoms with Gasteiger partial charge in [0, 0.05) is 38.7 Å². The summed E-state index contributed by atoms with van der Waals surface area (Å²) < 4.78 is 12.7. The van der Waals surface area contributed by atoms with Crippen molar-refractivity contribution in [2.24, 2.45) is 5.92 Å². The number of methoxy groups -OCH3 is 2. The Morgan fingerprint density at radius 2 is 2.03 bits per heavy atom. The lowest BCUT2D eigenvalue weighted by Crippen LogP contribution is -2.37. The van der Waals surface area contributed by atoms with Crippen LogP contribution in [-0.4, -0.2) is 65.9 Å². The molecule has 30 heavy (non-hydrogen) atoms. The zero-order valence-corrected chi connectivity index (χ0v) is 18.9. The Bertz CT molecular complexity index is 862. The van der Waals surface area contributed by atoms with Gasteiger partial charge in [0.1, 0.15) is 18.0 Å². The van der Waals surface area contributed by atoms with E-state index in [1.807, 2.05) is 33.8 Å². The number of nitrogens with zero attached hydrogens (tertiary/aromatic N) is 4. The number of carbonyl (C=O) groups excluding carboxylic acids is 1. The number of rotatable bonds is 9. The highest BCUT2D eigenvalue weighted by atomic mass is 16.5. The van der Waals surface area contributed by atoms with Crippen LogP contribution >= 0.6 is 0 Å². The molecular weight excluding hydrogens is 380 g/mol. The molecule has 0 spiro atoms. The Kier molecular flexibility index (Phi) is 7.50. The molecule has 164 valence electrons. The van der Waals surface area contributed by atoms with Gasteiger partial charge in [-0.1, -0.05) is 32.9 Å². The molecule has 1 aromatic heterocycles. The first-order valence-corrected chi connectivity index (χ1v) is 10.7. The van der Waals surface area contributed by atoms with Gasteiger partial charge in [0.05, 0.1) is 25.0 Å². The average molecular weight is 415 g/mol. The van der Waals surface area contributed by atoms with Crippen LogP contribution in [0.2, 0.25) is 0 Å². The second-order valence-corrected chi connectivity index (χ2v) is 8.18. The number of aromatic nitrogens is 2. The highest BCUT2D eigenvalue weighted by Crippen LogP contribution is 2.30. The minimum absolute atomic E-state index is 0.00468. The fraction of sp³-hybridized carbons (Fsp3) is 0.565. The maximum Gasteiger partial charge on any atom is 0.248 e. The van der Waals surface area contributed by atoms with Crippen molar-refractivity contribution in [2.45, 2.75) is 40.3 Å². The molecule has 0 radical (unpaired) electrons. The first kappa shape index (κ1) is 22.3. The molecular formula is C23H34N4O3. The molecule has 1 aromatic carbocycles. The van der Waals surface area contributed by atoms with Crippen LogP contribution in [0.3, 0.4) is 0 Å². The van der Waals surface area contributed by atoms with Gasteiger partial charge in [0.25, 0.3) is 0 Å². The van der Waals surface area contributed by atoms with E-state index in [-0.39, 0.29) is 12.5 Å². The van der Waals surface area contributed by atoms with Gasteiger partial charge < -0.3 is 14.4 Å². The molecule has 0 N–H and O–H groups in total. The summed E-state index contributed by atoms with van der Waals surface area (Å²) in [7, 11) is 3.24. The quantitative estimate of drug-likeness (QED) is 0.631. The van der Waals surface area contributed by atoms with Gasteiger partial charge in [0.2, 0.25) is 5.91 Å². The lowest BCUT2D eigenvalue weighted by Gasteiger charge is -2.28. The lowest BCUT2D eigenvalue weighted by molar-refractivity contribution is -0.136. The monoisotopic (exact) mass is 414 g/mol.